The van der Waals surface area contributed by atoms with Gasteiger partial charge in [0.1, 0.15) is 30.1 Å². The second-order valence-electron chi connectivity index (χ2n) is 9.93. The van der Waals surface area contributed by atoms with Crippen molar-refractivity contribution in [2.24, 2.45) is 0 Å². The number of hydrogen-bond donors (Lipinski definition) is 1. The van der Waals surface area contributed by atoms with Gasteiger partial charge in [0.25, 0.3) is 0 Å². The molecule has 0 spiro atoms. The molecule has 0 aliphatic carbocycles. The molecule has 196 valence electrons. The maximum absolute atomic E-state index is 15.2. The standard InChI is InChI=1S/C28H35FN6O2/c1-5-15-36-23-8-6-7-22(29)24(23)25-18(2)16-21-26(31-25)32-28(37-20-9-12-34(4)13-10-20)33-27(21)35-14-11-30-17-19(35)3/h5-8,16,19-20,30H,1,9-15,17H2,2-4H3/t19-/m1/s1. The van der Waals surface area contributed by atoms with Crippen molar-refractivity contribution in [3.05, 3.63) is 48.3 Å². The van der Waals surface area contributed by atoms with E-state index >= 15 is 4.39 Å². The van der Waals surface area contributed by atoms with Crippen molar-refractivity contribution in [1.29, 1.82) is 0 Å². The van der Waals surface area contributed by atoms with Gasteiger partial charge in [0, 0.05) is 38.8 Å². The minimum Gasteiger partial charge on any atom is -0.489 e. The summed E-state index contributed by atoms with van der Waals surface area (Å²) < 4.78 is 27.3. The Morgan fingerprint density at radius 1 is 1.19 bits per heavy atom. The number of nitrogens with zero attached hydrogens (tertiary/aromatic N) is 5. The Labute approximate surface area is 217 Å². The summed E-state index contributed by atoms with van der Waals surface area (Å²) in [5, 5.41) is 4.27. The molecule has 0 amide bonds. The number of piperidine rings is 1. The van der Waals surface area contributed by atoms with Crippen LogP contribution in [0.15, 0.2) is 36.9 Å². The lowest BCUT2D eigenvalue weighted by Gasteiger charge is -2.35. The van der Waals surface area contributed by atoms with E-state index < -0.39 is 5.82 Å². The predicted octanol–water partition coefficient (Wildman–Crippen LogP) is 3.98. The Kier molecular flexibility index (Phi) is 7.53. The highest BCUT2D eigenvalue weighted by Crippen LogP contribution is 2.37. The number of likely N-dealkylation sites (tertiary alicyclic amines) is 1. The number of benzene rings is 1. The molecular formula is C28H35FN6O2. The Morgan fingerprint density at radius 3 is 2.76 bits per heavy atom. The normalized spacial score (nSPS) is 19.2. The number of hydrogen-bond acceptors (Lipinski definition) is 8. The molecule has 5 rings (SSSR count). The molecule has 2 aliphatic heterocycles. The fraction of sp³-hybridized carbons (Fsp3) is 0.464. The lowest BCUT2D eigenvalue weighted by atomic mass is 10.0. The van der Waals surface area contributed by atoms with Gasteiger partial charge < -0.3 is 24.6 Å². The summed E-state index contributed by atoms with van der Waals surface area (Å²) in [6.45, 7) is 12.6. The molecule has 1 aromatic carbocycles. The molecule has 1 N–H and O–H groups in total. The SMILES string of the molecule is C=CCOc1cccc(F)c1-c1nc2nc(OC3CCN(C)CC3)nc(N3CCNC[C@H]3C)c2cc1C. The lowest BCUT2D eigenvalue weighted by Crippen LogP contribution is -2.50. The number of nitrogens with one attached hydrogen (secondary N) is 1. The predicted molar refractivity (Wildman–Crippen MR) is 144 cm³/mol. The maximum Gasteiger partial charge on any atom is 0.320 e. The second kappa shape index (κ2) is 11.0. The van der Waals surface area contributed by atoms with Gasteiger partial charge in [-0.15, -0.1) is 0 Å². The fourth-order valence-corrected chi connectivity index (χ4v) is 5.06. The van der Waals surface area contributed by atoms with Gasteiger partial charge in [0.15, 0.2) is 5.65 Å². The van der Waals surface area contributed by atoms with Crippen LogP contribution in [0.25, 0.3) is 22.3 Å². The first kappa shape index (κ1) is 25.4. The number of ether oxygens (including phenoxy) is 2. The van der Waals surface area contributed by atoms with Gasteiger partial charge in [-0.3, -0.25) is 0 Å². The first-order chi connectivity index (χ1) is 17.9. The van der Waals surface area contributed by atoms with Crippen LogP contribution >= 0.6 is 0 Å². The van der Waals surface area contributed by atoms with Crippen molar-refractivity contribution in [2.75, 3.05) is 51.3 Å². The smallest absolute Gasteiger partial charge is 0.320 e. The van der Waals surface area contributed by atoms with Gasteiger partial charge in [-0.05, 0) is 57.5 Å². The quantitative estimate of drug-likeness (QED) is 0.483. The largest absolute Gasteiger partial charge is 0.489 e. The number of anilines is 1. The highest BCUT2D eigenvalue weighted by molar-refractivity contribution is 5.91. The van der Waals surface area contributed by atoms with E-state index in [0.29, 0.717) is 28.7 Å². The fourth-order valence-electron chi connectivity index (χ4n) is 5.06. The summed E-state index contributed by atoms with van der Waals surface area (Å²) >= 11 is 0. The highest BCUT2D eigenvalue weighted by atomic mass is 19.1. The Morgan fingerprint density at radius 2 is 2.00 bits per heavy atom. The number of aromatic nitrogens is 3. The first-order valence-electron chi connectivity index (χ1n) is 13.0. The average Bonchev–Trinajstić information content (AvgIpc) is 2.89. The van der Waals surface area contributed by atoms with Crippen LogP contribution in [-0.4, -0.2) is 78.4 Å². The van der Waals surface area contributed by atoms with Gasteiger partial charge >= 0.3 is 6.01 Å². The van der Waals surface area contributed by atoms with Crippen molar-refractivity contribution in [1.82, 2.24) is 25.2 Å². The minimum absolute atomic E-state index is 0.0531. The van der Waals surface area contributed by atoms with E-state index in [1.54, 1.807) is 18.2 Å². The number of aryl methyl sites for hydroxylation is 1. The van der Waals surface area contributed by atoms with Crippen LogP contribution in [0.4, 0.5) is 10.2 Å². The van der Waals surface area contributed by atoms with Crippen molar-refractivity contribution >= 4 is 16.9 Å². The van der Waals surface area contributed by atoms with Crippen LogP contribution in [0.5, 0.6) is 11.8 Å². The number of piperazine rings is 1. The number of rotatable bonds is 7. The molecule has 2 aliphatic rings. The van der Waals surface area contributed by atoms with E-state index in [0.717, 1.165) is 62.3 Å². The van der Waals surface area contributed by atoms with Gasteiger partial charge in [-0.25, -0.2) is 9.37 Å². The molecule has 0 radical (unpaired) electrons. The van der Waals surface area contributed by atoms with Gasteiger partial charge in [0.2, 0.25) is 0 Å². The molecule has 37 heavy (non-hydrogen) atoms. The Balaban J connectivity index is 1.63. The lowest BCUT2D eigenvalue weighted by molar-refractivity contribution is 0.105. The summed E-state index contributed by atoms with van der Waals surface area (Å²) in [4.78, 5) is 19.1. The van der Waals surface area contributed by atoms with Crippen LogP contribution in [0, 0.1) is 12.7 Å². The summed E-state index contributed by atoms with van der Waals surface area (Å²) in [5.41, 5.74) is 2.11. The van der Waals surface area contributed by atoms with E-state index in [2.05, 4.69) is 35.7 Å². The zero-order valence-corrected chi connectivity index (χ0v) is 21.8. The molecule has 0 unspecified atom stereocenters. The summed E-state index contributed by atoms with van der Waals surface area (Å²) in [6.07, 6.45) is 3.53. The molecule has 0 saturated carbocycles. The number of pyridine rings is 1. The third-order valence-electron chi connectivity index (χ3n) is 7.12. The zero-order valence-electron chi connectivity index (χ0n) is 21.8. The summed E-state index contributed by atoms with van der Waals surface area (Å²) in [6, 6.07) is 7.37. The maximum atomic E-state index is 15.2. The Hall–Kier alpha value is -3.30. The number of halogens is 1. The van der Waals surface area contributed by atoms with Crippen LogP contribution in [0.3, 0.4) is 0 Å². The Bertz CT molecular complexity index is 1280. The molecule has 2 saturated heterocycles. The third kappa shape index (κ3) is 5.38. The van der Waals surface area contributed by atoms with E-state index in [1.807, 2.05) is 13.0 Å². The van der Waals surface area contributed by atoms with Crippen LogP contribution in [0.1, 0.15) is 25.3 Å². The molecule has 9 heteroatoms. The molecule has 1 atom stereocenters. The van der Waals surface area contributed by atoms with E-state index in [-0.39, 0.29) is 18.8 Å². The monoisotopic (exact) mass is 506 g/mol. The summed E-state index contributed by atoms with van der Waals surface area (Å²) in [5.74, 6) is 0.827. The van der Waals surface area contributed by atoms with Gasteiger partial charge in [0.05, 0.1) is 16.6 Å². The average molecular weight is 507 g/mol. The summed E-state index contributed by atoms with van der Waals surface area (Å²) in [7, 11) is 2.12. The van der Waals surface area contributed by atoms with Gasteiger partial charge in [-0.2, -0.15) is 9.97 Å². The van der Waals surface area contributed by atoms with Crippen molar-refractivity contribution in [2.45, 2.75) is 38.8 Å². The van der Waals surface area contributed by atoms with E-state index in [1.165, 1.54) is 6.07 Å². The van der Waals surface area contributed by atoms with Crippen molar-refractivity contribution in [3.63, 3.8) is 0 Å². The topological polar surface area (TPSA) is 75.6 Å². The first-order valence-corrected chi connectivity index (χ1v) is 13.0. The molecule has 2 aromatic heterocycles. The van der Waals surface area contributed by atoms with E-state index in [9.17, 15) is 0 Å². The molecule has 2 fully saturated rings. The van der Waals surface area contributed by atoms with Crippen LogP contribution in [0.2, 0.25) is 0 Å². The van der Waals surface area contributed by atoms with Crippen LogP contribution in [-0.2, 0) is 0 Å². The van der Waals surface area contributed by atoms with Crippen LogP contribution < -0.4 is 19.7 Å². The molecule has 0 bridgehead atoms. The van der Waals surface area contributed by atoms with Crippen molar-refractivity contribution < 1.29 is 13.9 Å². The third-order valence-corrected chi connectivity index (χ3v) is 7.12. The van der Waals surface area contributed by atoms with Crippen molar-refractivity contribution in [3.8, 4) is 23.0 Å². The minimum atomic E-state index is -0.399. The number of fused-ring (bicyclic) bond motifs is 1. The molecule has 4 heterocycles. The molecular weight excluding hydrogens is 471 g/mol. The zero-order chi connectivity index (χ0) is 25.9. The second-order valence-corrected chi connectivity index (χ2v) is 9.93. The van der Waals surface area contributed by atoms with Gasteiger partial charge in [-0.1, -0.05) is 18.7 Å². The molecule has 3 aromatic rings. The molecule has 8 nitrogen and oxygen atoms in total. The van der Waals surface area contributed by atoms with E-state index in [4.69, 9.17) is 24.4 Å². The highest BCUT2D eigenvalue weighted by Gasteiger charge is 2.26.